The van der Waals surface area contributed by atoms with Crippen molar-refractivity contribution in [3.05, 3.63) is 35.4 Å². The fraction of sp³-hybridized carbons (Fsp3) is 0.533. The van der Waals surface area contributed by atoms with Gasteiger partial charge >= 0.3 is 0 Å². The molecule has 2 N–H and O–H groups in total. The number of unbranched alkanes of at least 4 members (excludes halogenated alkanes) is 1. The summed E-state index contributed by atoms with van der Waals surface area (Å²) in [7, 11) is 0. The number of thiocarbonyl (C=S) groups is 1. The van der Waals surface area contributed by atoms with Crippen LogP contribution in [-0.4, -0.2) is 23.0 Å². The summed E-state index contributed by atoms with van der Waals surface area (Å²) < 4.78 is 0. The van der Waals surface area contributed by atoms with E-state index in [1.54, 1.807) is 0 Å². The average molecular weight is 264 g/mol. The van der Waals surface area contributed by atoms with Gasteiger partial charge in [-0.05, 0) is 30.6 Å². The molecular formula is C15H24N2S. The Morgan fingerprint density at radius 2 is 1.78 bits per heavy atom. The monoisotopic (exact) mass is 264 g/mol. The smallest absolute Gasteiger partial charge is 0.0771 e. The van der Waals surface area contributed by atoms with E-state index in [1.807, 2.05) is 0 Å². The number of hydrogen-bond donors (Lipinski definition) is 1. The molecule has 0 heterocycles. The van der Waals surface area contributed by atoms with E-state index in [1.165, 1.54) is 30.5 Å². The quantitative estimate of drug-likeness (QED) is 0.731. The second kappa shape index (κ2) is 8.22. The Kier molecular flexibility index (Phi) is 6.91. The van der Waals surface area contributed by atoms with Crippen molar-refractivity contribution in [1.82, 2.24) is 4.90 Å². The first-order valence-electron chi connectivity index (χ1n) is 6.74. The van der Waals surface area contributed by atoms with Crippen molar-refractivity contribution in [2.45, 2.75) is 39.7 Å². The van der Waals surface area contributed by atoms with Gasteiger partial charge in [0.2, 0.25) is 0 Å². The van der Waals surface area contributed by atoms with Gasteiger partial charge < -0.3 is 5.73 Å². The van der Waals surface area contributed by atoms with Crippen LogP contribution in [0.3, 0.4) is 0 Å². The lowest BCUT2D eigenvalue weighted by molar-refractivity contribution is 0.275. The van der Waals surface area contributed by atoms with Crippen LogP contribution < -0.4 is 5.73 Å². The standard InChI is InChI=1S/C15H24N2S/c1-3-5-10-17(4-2)12-14-8-6-13(7-9-14)11-15(16)18/h6-9H,3-5,10-12H2,1-2H3,(H2,16,18). The zero-order chi connectivity index (χ0) is 13.4. The molecule has 1 aromatic rings. The van der Waals surface area contributed by atoms with Crippen LogP contribution in [0.2, 0.25) is 0 Å². The second-order valence-electron chi connectivity index (χ2n) is 4.68. The fourth-order valence-electron chi connectivity index (χ4n) is 1.95. The van der Waals surface area contributed by atoms with Crippen molar-refractivity contribution in [3.63, 3.8) is 0 Å². The summed E-state index contributed by atoms with van der Waals surface area (Å²) in [4.78, 5) is 3.03. The largest absolute Gasteiger partial charge is 0.393 e. The van der Waals surface area contributed by atoms with Crippen molar-refractivity contribution < 1.29 is 0 Å². The third-order valence-electron chi connectivity index (χ3n) is 3.08. The van der Waals surface area contributed by atoms with Crippen LogP contribution in [0.4, 0.5) is 0 Å². The Morgan fingerprint density at radius 1 is 1.17 bits per heavy atom. The molecule has 0 aliphatic rings. The first-order valence-corrected chi connectivity index (χ1v) is 7.15. The zero-order valence-corrected chi connectivity index (χ0v) is 12.3. The maximum absolute atomic E-state index is 5.54. The normalized spacial score (nSPS) is 10.8. The second-order valence-corrected chi connectivity index (χ2v) is 5.21. The van der Waals surface area contributed by atoms with Gasteiger partial charge in [-0.3, -0.25) is 4.90 Å². The van der Waals surface area contributed by atoms with Gasteiger partial charge in [0.15, 0.2) is 0 Å². The summed E-state index contributed by atoms with van der Waals surface area (Å²) in [5.74, 6) is 0. The molecule has 0 amide bonds. The Hall–Kier alpha value is -0.930. The van der Waals surface area contributed by atoms with Gasteiger partial charge in [0, 0.05) is 13.0 Å². The van der Waals surface area contributed by atoms with E-state index in [9.17, 15) is 0 Å². The number of nitrogens with two attached hydrogens (primary N) is 1. The molecule has 0 fully saturated rings. The molecule has 0 aromatic heterocycles. The number of nitrogens with zero attached hydrogens (tertiary/aromatic N) is 1. The summed E-state index contributed by atoms with van der Waals surface area (Å²) in [6.07, 6.45) is 3.22. The van der Waals surface area contributed by atoms with Crippen molar-refractivity contribution in [1.29, 1.82) is 0 Å². The van der Waals surface area contributed by atoms with Crippen molar-refractivity contribution in [2.75, 3.05) is 13.1 Å². The van der Waals surface area contributed by atoms with Crippen LogP contribution in [0.5, 0.6) is 0 Å². The minimum Gasteiger partial charge on any atom is -0.393 e. The molecule has 0 saturated carbocycles. The molecule has 2 nitrogen and oxygen atoms in total. The minimum absolute atomic E-state index is 0.556. The molecule has 100 valence electrons. The predicted molar refractivity (Wildman–Crippen MR) is 82.8 cm³/mol. The molecular weight excluding hydrogens is 240 g/mol. The van der Waals surface area contributed by atoms with E-state index < -0.39 is 0 Å². The highest BCUT2D eigenvalue weighted by atomic mass is 32.1. The highest BCUT2D eigenvalue weighted by molar-refractivity contribution is 7.80. The molecule has 0 bridgehead atoms. The maximum atomic E-state index is 5.54. The molecule has 0 spiro atoms. The summed E-state index contributed by atoms with van der Waals surface area (Å²) in [6.45, 7) is 7.77. The summed E-state index contributed by atoms with van der Waals surface area (Å²) in [6, 6.07) is 8.62. The summed E-state index contributed by atoms with van der Waals surface area (Å²) in [5.41, 5.74) is 8.10. The first-order chi connectivity index (χ1) is 8.65. The predicted octanol–water partition coefficient (Wildman–Crippen LogP) is 3.14. The van der Waals surface area contributed by atoms with Crippen LogP contribution in [0.1, 0.15) is 37.8 Å². The molecule has 0 radical (unpaired) electrons. The molecule has 1 aromatic carbocycles. The maximum Gasteiger partial charge on any atom is 0.0771 e. The van der Waals surface area contributed by atoms with Crippen LogP contribution in [0, 0.1) is 0 Å². The number of rotatable bonds is 8. The zero-order valence-electron chi connectivity index (χ0n) is 11.5. The molecule has 0 atom stereocenters. The third kappa shape index (κ3) is 5.61. The van der Waals surface area contributed by atoms with Gasteiger partial charge in [0.1, 0.15) is 0 Å². The SMILES string of the molecule is CCCCN(CC)Cc1ccc(CC(N)=S)cc1. The van der Waals surface area contributed by atoms with Crippen molar-refractivity contribution >= 4 is 17.2 Å². The lowest BCUT2D eigenvalue weighted by atomic mass is 10.1. The minimum atomic E-state index is 0.556. The molecule has 3 heteroatoms. The van der Waals surface area contributed by atoms with Crippen LogP contribution in [0.25, 0.3) is 0 Å². The van der Waals surface area contributed by atoms with E-state index >= 15 is 0 Å². The van der Waals surface area contributed by atoms with Gasteiger partial charge in [-0.1, -0.05) is 56.8 Å². The van der Waals surface area contributed by atoms with E-state index in [2.05, 4.69) is 43.0 Å². The molecule has 0 unspecified atom stereocenters. The summed E-state index contributed by atoms with van der Waals surface area (Å²) in [5, 5.41) is 0. The van der Waals surface area contributed by atoms with Crippen molar-refractivity contribution in [3.8, 4) is 0 Å². The van der Waals surface area contributed by atoms with E-state index in [4.69, 9.17) is 18.0 Å². The summed E-state index contributed by atoms with van der Waals surface area (Å²) >= 11 is 4.92. The molecule has 18 heavy (non-hydrogen) atoms. The highest BCUT2D eigenvalue weighted by Crippen LogP contribution is 2.09. The van der Waals surface area contributed by atoms with Crippen LogP contribution >= 0.6 is 12.2 Å². The molecule has 0 aliphatic carbocycles. The van der Waals surface area contributed by atoms with Gasteiger partial charge in [0.25, 0.3) is 0 Å². The van der Waals surface area contributed by atoms with E-state index in [0.717, 1.165) is 13.1 Å². The Balaban J connectivity index is 2.53. The lowest BCUT2D eigenvalue weighted by Crippen LogP contribution is -2.23. The lowest BCUT2D eigenvalue weighted by Gasteiger charge is -2.20. The number of hydrogen-bond acceptors (Lipinski definition) is 2. The number of benzene rings is 1. The Morgan fingerprint density at radius 3 is 2.28 bits per heavy atom. The van der Waals surface area contributed by atoms with Gasteiger partial charge in [-0.2, -0.15) is 0 Å². The Bertz CT molecular complexity index is 359. The molecule has 0 saturated heterocycles. The fourth-order valence-corrected chi connectivity index (χ4v) is 2.12. The van der Waals surface area contributed by atoms with Crippen molar-refractivity contribution in [2.24, 2.45) is 5.73 Å². The van der Waals surface area contributed by atoms with E-state index in [0.29, 0.717) is 11.4 Å². The van der Waals surface area contributed by atoms with Gasteiger partial charge in [-0.25, -0.2) is 0 Å². The topological polar surface area (TPSA) is 29.3 Å². The molecule has 1 rings (SSSR count). The van der Waals surface area contributed by atoms with E-state index in [-0.39, 0.29) is 0 Å². The van der Waals surface area contributed by atoms with Gasteiger partial charge in [0.05, 0.1) is 4.99 Å². The molecule has 0 aliphatic heterocycles. The Labute approximate surface area is 116 Å². The third-order valence-corrected chi connectivity index (χ3v) is 3.23. The van der Waals surface area contributed by atoms with Crippen LogP contribution in [-0.2, 0) is 13.0 Å². The van der Waals surface area contributed by atoms with Crippen LogP contribution in [0.15, 0.2) is 24.3 Å². The average Bonchev–Trinajstić information content (AvgIpc) is 2.36. The highest BCUT2D eigenvalue weighted by Gasteiger charge is 2.03. The van der Waals surface area contributed by atoms with Gasteiger partial charge in [-0.15, -0.1) is 0 Å². The first kappa shape index (κ1) is 15.1.